The fourth-order valence-electron chi connectivity index (χ4n) is 2.94. The molecule has 0 aliphatic carbocycles. The molecule has 0 unspecified atom stereocenters. The molecular weight excluding hydrogens is 315 g/mol. The Morgan fingerprint density at radius 3 is 2.36 bits per heavy atom. The SMILES string of the molecule is O=C(Cn1c(-c2ccccc2F)nc2ccccc21)c1ccccc1. The van der Waals surface area contributed by atoms with Crippen LogP contribution in [0.25, 0.3) is 22.4 Å². The number of benzene rings is 3. The number of ketones is 1. The number of halogens is 1. The zero-order chi connectivity index (χ0) is 17.2. The second kappa shape index (κ2) is 6.32. The van der Waals surface area contributed by atoms with Crippen LogP contribution in [-0.2, 0) is 6.54 Å². The van der Waals surface area contributed by atoms with Crippen molar-refractivity contribution >= 4 is 16.8 Å². The number of carbonyl (C=O) groups is 1. The van der Waals surface area contributed by atoms with Crippen molar-refractivity contribution in [1.29, 1.82) is 0 Å². The van der Waals surface area contributed by atoms with E-state index in [-0.39, 0.29) is 18.1 Å². The molecule has 0 saturated heterocycles. The van der Waals surface area contributed by atoms with Crippen LogP contribution in [-0.4, -0.2) is 15.3 Å². The summed E-state index contributed by atoms with van der Waals surface area (Å²) in [4.78, 5) is 17.2. The standard InChI is InChI=1S/C21H15FN2O/c22-17-11-5-4-10-16(17)21-23-18-12-6-7-13-19(18)24(21)14-20(25)15-8-2-1-3-9-15/h1-13H,14H2. The molecule has 0 radical (unpaired) electrons. The summed E-state index contributed by atoms with van der Waals surface area (Å²) in [7, 11) is 0. The van der Waals surface area contributed by atoms with Crippen molar-refractivity contribution in [3.63, 3.8) is 0 Å². The number of aromatic nitrogens is 2. The summed E-state index contributed by atoms with van der Waals surface area (Å²) in [5.74, 6) is 0.0659. The van der Waals surface area contributed by atoms with Crippen LogP contribution in [0.4, 0.5) is 4.39 Å². The van der Waals surface area contributed by atoms with E-state index in [1.165, 1.54) is 6.07 Å². The summed E-state index contributed by atoms with van der Waals surface area (Å²) in [6, 6.07) is 23.1. The Labute approximate surface area is 144 Å². The minimum Gasteiger partial charge on any atom is -0.316 e. The maximum atomic E-state index is 14.3. The Balaban J connectivity index is 1.86. The topological polar surface area (TPSA) is 34.9 Å². The first-order chi connectivity index (χ1) is 12.2. The first-order valence-electron chi connectivity index (χ1n) is 8.02. The molecule has 1 heterocycles. The molecule has 3 nitrogen and oxygen atoms in total. The van der Waals surface area contributed by atoms with Crippen molar-refractivity contribution in [2.45, 2.75) is 6.54 Å². The van der Waals surface area contributed by atoms with Crippen LogP contribution in [0.2, 0.25) is 0 Å². The third-order valence-corrected chi connectivity index (χ3v) is 4.17. The Morgan fingerprint density at radius 1 is 0.880 bits per heavy atom. The van der Waals surface area contributed by atoms with Gasteiger partial charge in [-0.3, -0.25) is 4.79 Å². The molecule has 0 atom stereocenters. The molecule has 4 rings (SSSR count). The monoisotopic (exact) mass is 330 g/mol. The highest BCUT2D eigenvalue weighted by Gasteiger charge is 2.18. The Hall–Kier alpha value is -3.27. The number of Topliss-reactive ketones (excluding diaryl/α,β-unsaturated/α-hetero) is 1. The van der Waals surface area contributed by atoms with Crippen molar-refractivity contribution in [2.24, 2.45) is 0 Å². The highest BCUT2D eigenvalue weighted by molar-refractivity contribution is 5.97. The maximum Gasteiger partial charge on any atom is 0.182 e. The van der Waals surface area contributed by atoms with Crippen molar-refractivity contribution in [1.82, 2.24) is 9.55 Å². The highest BCUT2D eigenvalue weighted by Crippen LogP contribution is 2.27. The van der Waals surface area contributed by atoms with Crippen molar-refractivity contribution in [3.05, 3.63) is 90.2 Å². The fourth-order valence-corrected chi connectivity index (χ4v) is 2.94. The van der Waals surface area contributed by atoms with E-state index in [1.54, 1.807) is 34.9 Å². The lowest BCUT2D eigenvalue weighted by molar-refractivity contribution is 0.0974. The van der Waals surface area contributed by atoms with E-state index < -0.39 is 0 Å². The minimum atomic E-state index is -0.355. The minimum absolute atomic E-state index is 0.0404. The fraction of sp³-hybridized carbons (Fsp3) is 0.0476. The van der Waals surface area contributed by atoms with E-state index in [4.69, 9.17) is 0 Å². The molecule has 0 saturated carbocycles. The number of carbonyl (C=O) groups excluding carboxylic acids is 1. The Kier molecular flexibility index (Phi) is 3.86. The largest absolute Gasteiger partial charge is 0.316 e. The van der Waals surface area contributed by atoms with Crippen molar-refractivity contribution in [3.8, 4) is 11.4 Å². The molecule has 25 heavy (non-hydrogen) atoms. The second-order valence-corrected chi connectivity index (χ2v) is 5.78. The van der Waals surface area contributed by atoms with Crippen LogP contribution in [0, 0.1) is 5.82 Å². The molecule has 0 bridgehead atoms. The van der Waals surface area contributed by atoms with Gasteiger partial charge in [0.15, 0.2) is 5.78 Å². The second-order valence-electron chi connectivity index (χ2n) is 5.78. The lowest BCUT2D eigenvalue weighted by Gasteiger charge is -2.09. The Morgan fingerprint density at radius 2 is 1.56 bits per heavy atom. The summed E-state index contributed by atoms with van der Waals surface area (Å²) < 4.78 is 16.1. The van der Waals surface area contributed by atoms with Crippen LogP contribution in [0.3, 0.4) is 0 Å². The maximum absolute atomic E-state index is 14.3. The molecule has 0 aliphatic rings. The first-order valence-corrected chi connectivity index (χ1v) is 8.02. The van der Waals surface area contributed by atoms with Gasteiger partial charge in [0.2, 0.25) is 0 Å². The van der Waals surface area contributed by atoms with Crippen molar-refractivity contribution < 1.29 is 9.18 Å². The number of hydrogen-bond donors (Lipinski definition) is 0. The third-order valence-electron chi connectivity index (χ3n) is 4.17. The molecule has 0 spiro atoms. The predicted octanol–water partition coefficient (Wildman–Crippen LogP) is 4.73. The van der Waals surface area contributed by atoms with Gasteiger partial charge in [-0.15, -0.1) is 0 Å². The van der Waals surface area contributed by atoms with Crippen LogP contribution < -0.4 is 0 Å². The van der Waals surface area contributed by atoms with Gasteiger partial charge in [0.05, 0.1) is 23.1 Å². The average Bonchev–Trinajstić information content (AvgIpc) is 3.01. The smallest absolute Gasteiger partial charge is 0.182 e. The van der Waals surface area contributed by atoms with Gasteiger partial charge in [0.25, 0.3) is 0 Å². The molecule has 4 heteroatoms. The van der Waals surface area contributed by atoms with Gasteiger partial charge < -0.3 is 4.57 Å². The lowest BCUT2D eigenvalue weighted by atomic mass is 10.1. The quantitative estimate of drug-likeness (QED) is 0.507. The van der Waals surface area contributed by atoms with Gasteiger partial charge in [0, 0.05) is 5.56 Å². The first kappa shape index (κ1) is 15.3. The summed E-state index contributed by atoms with van der Waals surface area (Å²) in [6.45, 7) is 0.105. The summed E-state index contributed by atoms with van der Waals surface area (Å²) >= 11 is 0. The summed E-state index contributed by atoms with van der Waals surface area (Å²) in [5.41, 5.74) is 2.56. The van der Waals surface area contributed by atoms with Gasteiger partial charge in [-0.2, -0.15) is 0 Å². The summed E-state index contributed by atoms with van der Waals surface area (Å²) in [5, 5.41) is 0. The molecular formula is C21H15FN2O. The Bertz CT molecular complexity index is 1050. The lowest BCUT2D eigenvalue weighted by Crippen LogP contribution is -2.12. The molecule has 0 fully saturated rings. The molecule has 0 N–H and O–H groups in total. The number of rotatable bonds is 4. The van der Waals surface area contributed by atoms with Crippen LogP contribution in [0.5, 0.6) is 0 Å². The summed E-state index contributed by atoms with van der Waals surface area (Å²) in [6.07, 6.45) is 0. The van der Waals surface area contributed by atoms with E-state index in [2.05, 4.69) is 4.98 Å². The molecule has 0 amide bonds. The molecule has 3 aromatic carbocycles. The number of nitrogens with zero attached hydrogens (tertiary/aromatic N) is 2. The molecule has 122 valence electrons. The van der Waals surface area contributed by atoms with E-state index in [1.807, 2.05) is 42.5 Å². The molecule has 1 aromatic heterocycles. The van der Waals surface area contributed by atoms with E-state index in [0.717, 1.165) is 11.0 Å². The van der Waals surface area contributed by atoms with E-state index in [0.29, 0.717) is 17.0 Å². The van der Waals surface area contributed by atoms with Crippen LogP contribution in [0.1, 0.15) is 10.4 Å². The average molecular weight is 330 g/mol. The van der Waals surface area contributed by atoms with Crippen molar-refractivity contribution in [2.75, 3.05) is 0 Å². The number of imidazole rings is 1. The molecule has 4 aromatic rings. The van der Waals surface area contributed by atoms with E-state index >= 15 is 0 Å². The van der Waals surface area contributed by atoms with Gasteiger partial charge >= 0.3 is 0 Å². The zero-order valence-electron chi connectivity index (χ0n) is 13.4. The predicted molar refractivity (Wildman–Crippen MR) is 95.9 cm³/mol. The highest BCUT2D eigenvalue weighted by atomic mass is 19.1. The normalized spacial score (nSPS) is 10.9. The third kappa shape index (κ3) is 2.83. The molecule has 0 aliphatic heterocycles. The zero-order valence-corrected chi connectivity index (χ0v) is 13.4. The number of fused-ring (bicyclic) bond motifs is 1. The van der Waals surface area contributed by atoms with Crippen LogP contribution in [0.15, 0.2) is 78.9 Å². The van der Waals surface area contributed by atoms with Gasteiger partial charge in [-0.1, -0.05) is 54.6 Å². The van der Waals surface area contributed by atoms with Gasteiger partial charge in [-0.25, -0.2) is 9.37 Å². The van der Waals surface area contributed by atoms with Crippen LogP contribution >= 0.6 is 0 Å². The van der Waals surface area contributed by atoms with E-state index in [9.17, 15) is 9.18 Å². The number of hydrogen-bond acceptors (Lipinski definition) is 2. The van der Waals surface area contributed by atoms with Gasteiger partial charge in [-0.05, 0) is 24.3 Å². The van der Waals surface area contributed by atoms with Gasteiger partial charge in [0.1, 0.15) is 11.6 Å². The number of para-hydroxylation sites is 2.